The second-order valence-corrected chi connectivity index (χ2v) is 11.7. The Morgan fingerprint density at radius 1 is 0.891 bits per heavy atom. The average molecular weight is 614 g/mol. The lowest BCUT2D eigenvalue weighted by molar-refractivity contribution is -0.178. The Morgan fingerprint density at radius 2 is 1.57 bits per heavy atom. The number of fused-ring (bicyclic) bond motifs is 3. The number of aromatic hydroxyl groups is 1. The predicted molar refractivity (Wildman–Crippen MR) is 169 cm³/mol. The number of ether oxygens (including phenoxy) is 1. The molecule has 4 aromatic carbocycles. The fourth-order valence-electron chi connectivity index (χ4n) is 7.58. The molecule has 7 rings (SSSR count). The van der Waals surface area contributed by atoms with Gasteiger partial charge in [-0.2, -0.15) is 0 Å². The van der Waals surface area contributed by atoms with Crippen LogP contribution in [0.4, 0.5) is 5.69 Å². The number of hydrogen-bond acceptors (Lipinski definition) is 7. The van der Waals surface area contributed by atoms with Crippen molar-refractivity contribution in [2.45, 2.75) is 36.1 Å². The topological polar surface area (TPSA) is 142 Å². The maximum absolute atomic E-state index is 14.6. The van der Waals surface area contributed by atoms with Gasteiger partial charge in [-0.05, 0) is 52.6 Å². The second-order valence-electron chi connectivity index (χ2n) is 11.7. The number of phenols is 1. The summed E-state index contributed by atoms with van der Waals surface area (Å²) in [5, 5.41) is 22.5. The van der Waals surface area contributed by atoms with Gasteiger partial charge in [0.05, 0.1) is 24.6 Å². The van der Waals surface area contributed by atoms with Crippen LogP contribution in [0.5, 0.6) is 5.75 Å². The SMILES string of the molecule is NC(=O)[C@H]1[C@@H]2C(=O)O[C@@H](c3ccccc3)[C@@H](c3ccccc3)N2[C@@H](c2ccc(O)cc2)[C@]12C(=O)Nc1ccc(C#CCCO)cc12. The number of primary amides is 1. The van der Waals surface area contributed by atoms with Crippen molar-refractivity contribution in [2.75, 3.05) is 11.9 Å². The van der Waals surface area contributed by atoms with Crippen molar-refractivity contribution in [3.8, 4) is 17.6 Å². The number of nitrogens with one attached hydrogen (secondary N) is 1. The van der Waals surface area contributed by atoms with Crippen molar-refractivity contribution in [3.05, 3.63) is 131 Å². The predicted octanol–water partition coefficient (Wildman–Crippen LogP) is 3.88. The lowest BCUT2D eigenvalue weighted by Crippen LogP contribution is -2.53. The molecule has 9 nitrogen and oxygen atoms in total. The lowest BCUT2D eigenvalue weighted by Gasteiger charge is -2.46. The van der Waals surface area contributed by atoms with E-state index in [9.17, 15) is 24.6 Å². The first-order valence-electron chi connectivity index (χ1n) is 15.1. The molecule has 5 N–H and O–H groups in total. The molecule has 0 unspecified atom stereocenters. The number of carbonyl (C=O) groups excluding carboxylic acids is 3. The summed E-state index contributed by atoms with van der Waals surface area (Å²) in [4.78, 5) is 44.6. The first kappa shape index (κ1) is 29.3. The summed E-state index contributed by atoms with van der Waals surface area (Å²) in [7, 11) is 0. The molecule has 1 spiro atoms. The van der Waals surface area contributed by atoms with Crippen LogP contribution in [0, 0.1) is 17.8 Å². The van der Waals surface area contributed by atoms with E-state index < -0.39 is 53.3 Å². The number of aliphatic hydroxyl groups is 1. The molecule has 2 amide bonds. The fraction of sp³-hybridized carbons (Fsp3) is 0.216. The molecule has 0 saturated carbocycles. The number of rotatable bonds is 5. The zero-order valence-corrected chi connectivity index (χ0v) is 24.7. The van der Waals surface area contributed by atoms with Crippen LogP contribution in [0.25, 0.3) is 0 Å². The summed E-state index contributed by atoms with van der Waals surface area (Å²) in [5.74, 6) is 2.68. The zero-order chi connectivity index (χ0) is 32.0. The van der Waals surface area contributed by atoms with E-state index >= 15 is 0 Å². The second kappa shape index (κ2) is 11.5. The molecular weight excluding hydrogens is 582 g/mol. The minimum atomic E-state index is -1.67. The molecule has 2 fully saturated rings. The van der Waals surface area contributed by atoms with E-state index in [-0.39, 0.29) is 18.8 Å². The quantitative estimate of drug-likeness (QED) is 0.198. The summed E-state index contributed by atoms with van der Waals surface area (Å²) in [6.07, 6.45) is -0.518. The van der Waals surface area contributed by atoms with Crippen LogP contribution in [0.2, 0.25) is 0 Å². The van der Waals surface area contributed by atoms with Crippen molar-refractivity contribution in [3.63, 3.8) is 0 Å². The van der Waals surface area contributed by atoms with Gasteiger partial charge in [0.2, 0.25) is 11.8 Å². The van der Waals surface area contributed by atoms with Crippen LogP contribution in [0.3, 0.4) is 0 Å². The average Bonchev–Trinajstić information content (AvgIpc) is 3.54. The standard InChI is InChI=1S/C37H31N3O6/c38-34(43)29-31-35(44)46-32(24-12-5-2-6-13-24)30(23-10-3-1-4-11-23)40(31)33(25-15-17-26(42)18-16-25)37(29)27-21-22(9-7-8-20-41)14-19-28(27)39-36(37)45/h1-6,10-19,21,29-33,41-42H,8,20H2,(H2,38,43)(H,39,45)/t29-,30-,31-,32+,33+,37-/m1/s1. The number of anilines is 1. The Balaban J connectivity index is 1.54. The normalized spacial score (nSPS) is 26.4. The highest BCUT2D eigenvalue weighted by atomic mass is 16.6. The number of phenolic OH excluding ortho intramolecular Hbond substituents is 1. The molecular formula is C37H31N3O6. The van der Waals surface area contributed by atoms with Gasteiger partial charge in [-0.3, -0.25) is 19.3 Å². The van der Waals surface area contributed by atoms with Gasteiger partial charge in [0, 0.05) is 17.7 Å². The van der Waals surface area contributed by atoms with Crippen molar-refractivity contribution >= 4 is 23.5 Å². The van der Waals surface area contributed by atoms with E-state index in [1.807, 2.05) is 65.6 Å². The summed E-state index contributed by atoms with van der Waals surface area (Å²) in [5.41, 5.74) is 8.27. The largest absolute Gasteiger partial charge is 0.508 e. The Labute approximate surface area is 265 Å². The molecule has 6 atom stereocenters. The van der Waals surface area contributed by atoms with Crippen LogP contribution < -0.4 is 11.1 Å². The number of carbonyl (C=O) groups is 3. The summed E-state index contributed by atoms with van der Waals surface area (Å²) in [6, 6.07) is 27.9. The molecule has 0 bridgehead atoms. The van der Waals surface area contributed by atoms with Crippen LogP contribution in [0.1, 0.15) is 52.4 Å². The summed E-state index contributed by atoms with van der Waals surface area (Å²) < 4.78 is 6.25. The lowest BCUT2D eigenvalue weighted by atomic mass is 9.65. The number of benzene rings is 4. The minimum absolute atomic E-state index is 0.0244. The summed E-state index contributed by atoms with van der Waals surface area (Å²) >= 11 is 0. The van der Waals surface area contributed by atoms with Crippen LogP contribution in [0.15, 0.2) is 103 Å². The number of esters is 1. The van der Waals surface area contributed by atoms with Crippen molar-refractivity contribution in [1.29, 1.82) is 0 Å². The van der Waals surface area contributed by atoms with Gasteiger partial charge >= 0.3 is 5.97 Å². The number of aliphatic hydroxyl groups excluding tert-OH is 1. The van der Waals surface area contributed by atoms with E-state index in [1.165, 1.54) is 12.1 Å². The van der Waals surface area contributed by atoms with Crippen LogP contribution >= 0.6 is 0 Å². The highest BCUT2D eigenvalue weighted by Crippen LogP contribution is 2.64. The molecule has 46 heavy (non-hydrogen) atoms. The molecule has 2 saturated heterocycles. The van der Waals surface area contributed by atoms with Crippen LogP contribution in [-0.4, -0.2) is 45.5 Å². The fourth-order valence-corrected chi connectivity index (χ4v) is 7.58. The maximum Gasteiger partial charge on any atom is 0.324 e. The van der Waals surface area contributed by atoms with Crippen molar-refractivity contribution < 1.29 is 29.3 Å². The first-order chi connectivity index (χ1) is 22.4. The number of nitrogens with two attached hydrogens (primary N) is 1. The molecule has 230 valence electrons. The molecule has 9 heteroatoms. The zero-order valence-electron chi connectivity index (χ0n) is 24.7. The molecule has 0 radical (unpaired) electrons. The first-order valence-corrected chi connectivity index (χ1v) is 15.1. The van der Waals surface area contributed by atoms with Gasteiger partial charge in [-0.1, -0.05) is 84.6 Å². The molecule has 4 aromatic rings. The molecule has 0 aromatic heterocycles. The van der Waals surface area contributed by atoms with E-state index in [4.69, 9.17) is 10.5 Å². The molecule has 3 aliphatic rings. The van der Waals surface area contributed by atoms with Gasteiger partial charge in [-0.15, -0.1) is 0 Å². The van der Waals surface area contributed by atoms with Crippen molar-refractivity contribution in [1.82, 2.24) is 4.90 Å². The van der Waals surface area contributed by atoms with Gasteiger partial charge < -0.3 is 26.0 Å². The Hall–Kier alpha value is -5.43. The number of hydrogen-bond donors (Lipinski definition) is 4. The maximum atomic E-state index is 14.6. The summed E-state index contributed by atoms with van der Waals surface area (Å²) in [6.45, 7) is -0.100. The van der Waals surface area contributed by atoms with Crippen molar-refractivity contribution in [2.24, 2.45) is 11.7 Å². The molecule has 3 heterocycles. The third kappa shape index (κ3) is 4.45. The van der Waals surface area contributed by atoms with Gasteiger partial charge in [0.1, 0.15) is 23.3 Å². The number of morpholine rings is 1. The van der Waals surface area contributed by atoms with Crippen LogP contribution in [-0.2, 0) is 24.5 Å². The Bertz CT molecular complexity index is 1890. The smallest absolute Gasteiger partial charge is 0.324 e. The Kier molecular flexibility index (Phi) is 7.32. The third-order valence-corrected chi connectivity index (χ3v) is 9.29. The highest BCUT2D eigenvalue weighted by Gasteiger charge is 2.73. The monoisotopic (exact) mass is 613 g/mol. The Morgan fingerprint density at radius 3 is 2.22 bits per heavy atom. The number of nitrogens with zero attached hydrogens (tertiary/aromatic N) is 1. The van der Waals surface area contributed by atoms with E-state index in [0.717, 1.165) is 11.1 Å². The van der Waals surface area contributed by atoms with Gasteiger partial charge in [-0.25, -0.2) is 0 Å². The van der Waals surface area contributed by atoms with E-state index in [0.29, 0.717) is 22.4 Å². The van der Waals surface area contributed by atoms with Gasteiger partial charge in [0.15, 0.2) is 0 Å². The van der Waals surface area contributed by atoms with E-state index in [2.05, 4.69) is 17.2 Å². The molecule has 3 aliphatic heterocycles. The number of cyclic esters (lactones) is 1. The number of amides is 2. The van der Waals surface area contributed by atoms with Gasteiger partial charge in [0.25, 0.3) is 0 Å². The molecule has 0 aliphatic carbocycles. The highest BCUT2D eigenvalue weighted by molar-refractivity contribution is 6.12. The minimum Gasteiger partial charge on any atom is -0.508 e. The van der Waals surface area contributed by atoms with E-state index in [1.54, 1.807) is 30.3 Å². The third-order valence-electron chi connectivity index (χ3n) is 9.29.